The third-order valence-corrected chi connectivity index (χ3v) is 7.75. The predicted molar refractivity (Wildman–Crippen MR) is 156 cm³/mol. The van der Waals surface area contributed by atoms with Crippen molar-refractivity contribution in [3.05, 3.63) is 122 Å². The van der Waals surface area contributed by atoms with Gasteiger partial charge in [-0.25, -0.2) is 9.79 Å². The first-order valence-corrected chi connectivity index (χ1v) is 13.9. The minimum absolute atomic E-state index is 0.0375. The molecule has 9 heteroatoms. The molecule has 0 N–H and O–H groups in total. The van der Waals surface area contributed by atoms with E-state index in [0.717, 1.165) is 47.6 Å². The van der Waals surface area contributed by atoms with Gasteiger partial charge in [0.15, 0.2) is 0 Å². The van der Waals surface area contributed by atoms with Crippen molar-refractivity contribution in [1.29, 1.82) is 0 Å². The molecule has 0 aliphatic carbocycles. The first-order valence-electron chi connectivity index (χ1n) is 13.1. The fraction of sp³-hybridized carbons (Fsp3) is 0.226. The number of thiophene rings is 1. The van der Waals surface area contributed by atoms with Gasteiger partial charge in [-0.2, -0.15) is 0 Å². The van der Waals surface area contributed by atoms with Gasteiger partial charge in [0.1, 0.15) is 17.4 Å². The standard InChI is InChI=1S/C31H29N3O5S/c1-2-38-31(35)29-26-16-17-33(19-22-8-4-3-5-9-22)20-28(26)40-30(29)32-18-24-10-6-7-11-27(24)39-21-23-12-14-25(15-13-23)34(36)37/h3-15,18H,2,16-17,19-21H2,1H3. The Labute approximate surface area is 236 Å². The van der Waals surface area contributed by atoms with Crippen molar-refractivity contribution >= 4 is 34.2 Å². The Bertz CT molecular complexity index is 1520. The Hall–Kier alpha value is -4.34. The maximum Gasteiger partial charge on any atom is 0.341 e. The quantitative estimate of drug-likeness (QED) is 0.0933. The van der Waals surface area contributed by atoms with Crippen LogP contribution in [-0.4, -0.2) is 35.2 Å². The molecule has 0 unspecified atom stereocenters. The largest absolute Gasteiger partial charge is 0.488 e. The van der Waals surface area contributed by atoms with Crippen LogP contribution in [0.15, 0.2) is 83.9 Å². The zero-order valence-corrected chi connectivity index (χ0v) is 22.9. The number of nitrogens with zero attached hydrogens (tertiary/aromatic N) is 3. The molecule has 1 aromatic heterocycles. The lowest BCUT2D eigenvalue weighted by atomic mass is 10.0. The number of para-hydroxylation sites is 1. The van der Waals surface area contributed by atoms with Gasteiger partial charge in [-0.05, 0) is 54.3 Å². The van der Waals surface area contributed by atoms with Crippen molar-refractivity contribution in [1.82, 2.24) is 4.90 Å². The van der Waals surface area contributed by atoms with Crippen LogP contribution < -0.4 is 4.74 Å². The van der Waals surface area contributed by atoms with Crippen LogP contribution in [0.4, 0.5) is 10.7 Å². The third-order valence-electron chi connectivity index (χ3n) is 6.63. The van der Waals surface area contributed by atoms with E-state index in [1.165, 1.54) is 29.0 Å². The molecule has 0 saturated carbocycles. The average Bonchev–Trinajstić information content (AvgIpc) is 3.34. The van der Waals surface area contributed by atoms with E-state index >= 15 is 0 Å². The number of nitro benzene ring substituents is 1. The minimum atomic E-state index is -0.426. The molecule has 5 rings (SSSR count). The Morgan fingerprint density at radius 3 is 2.55 bits per heavy atom. The lowest BCUT2D eigenvalue weighted by Crippen LogP contribution is -2.29. The molecule has 1 aliphatic heterocycles. The van der Waals surface area contributed by atoms with Crippen LogP contribution in [0.25, 0.3) is 0 Å². The molecule has 8 nitrogen and oxygen atoms in total. The van der Waals surface area contributed by atoms with Crippen LogP contribution >= 0.6 is 11.3 Å². The molecule has 4 aromatic rings. The smallest absolute Gasteiger partial charge is 0.341 e. The topological polar surface area (TPSA) is 94.3 Å². The maximum atomic E-state index is 13.0. The van der Waals surface area contributed by atoms with Gasteiger partial charge < -0.3 is 9.47 Å². The van der Waals surface area contributed by atoms with Gasteiger partial charge in [-0.3, -0.25) is 15.0 Å². The molecule has 204 valence electrons. The molecule has 3 aromatic carbocycles. The summed E-state index contributed by atoms with van der Waals surface area (Å²) in [5.74, 6) is 0.281. The lowest BCUT2D eigenvalue weighted by Gasteiger charge is -2.27. The van der Waals surface area contributed by atoms with Crippen molar-refractivity contribution in [2.75, 3.05) is 13.2 Å². The van der Waals surface area contributed by atoms with Crippen LogP contribution in [0.3, 0.4) is 0 Å². The first-order chi connectivity index (χ1) is 19.5. The molecule has 0 radical (unpaired) electrons. The monoisotopic (exact) mass is 555 g/mol. The number of carbonyl (C=O) groups excluding carboxylic acids is 1. The summed E-state index contributed by atoms with van der Waals surface area (Å²) in [5.41, 5.74) is 4.46. The number of nitro groups is 1. The van der Waals surface area contributed by atoms with Gasteiger partial charge in [0.05, 0.1) is 17.1 Å². The fourth-order valence-electron chi connectivity index (χ4n) is 4.65. The molecule has 0 bridgehead atoms. The molecule has 40 heavy (non-hydrogen) atoms. The second kappa shape index (κ2) is 12.7. The molecule has 0 saturated heterocycles. The number of non-ortho nitro benzene ring substituents is 1. The summed E-state index contributed by atoms with van der Waals surface area (Å²) >= 11 is 1.53. The van der Waals surface area contributed by atoms with Gasteiger partial charge >= 0.3 is 5.97 Å². The summed E-state index contributed by atoms with van der Waals surface area (Å²) < 4.78 is 11.4. The lowest BCUT2D eigenvalue weighted by molar-refractivity contribution is -0.384. The summed E-state index contributed by atoms with van der Waals surface area (Å²) in [6.07, 6.45) is 2.48. The highest BCUT2D eigenvalue weighted by Gasteiger charge is 2.28. The van der Waals surface area contributed by atoms with Crippen LogP contribution in [0.1, 0.15) is 44.4 Å². The summed E-state index contributed by atoms with van der Waals surface area (Å²) in [6, 6.07) is 24.2. The van der Waals surface area contributed by atoms with Crippen LogP contribution in [0.5, 0.6) is 5.75 Å². The third kappa shape index (κ3) is 6.44. The summed E-state index contributed by atoms with van der Waals surface area (Å²) in [5, 5.41) is 11.5. The number of esters is 1. The second-order valence-electron chi connectivity index (χ2n) is 9.36. The number of ether oxygens (including phenoxy) is 2. The van der Waals surface area contributed by atoms with E-state index in [2.05, 4.69) is 29.2 Å². The Morgan fingerprint density at radius 1 is 1.05 bits per heavy atom. The molecular formula is C31H29N3O5S. The van der Waals surface area contributed by atoms with Gasteiger partial charge in [0, 0.05) is 48.4 Å². The number of benzene rings is 3. The van der Waals surface area contributed by atoms with E-state index in [9.17, 15) is 14.9 Å². The fourth-order valence-corrected chi connectivity index (χ4v) is 5.87. The first kappa shape index (κ1) is 27.2. The Kier molecular flexibility index (Phi) is 8.63. The highest BCUT2D eigenvalue weighted by atomic mass is 32.1. The average molecular weight is 556 g/mol. The number of hydrogen-bond acceptors (Lipinski definition) is 8. The van der Waals surface area contributed by atoms with Gasteiger partial charge in [0.25, 0.3) is 5.69 Å². The zero-order valence-electron chi connectivity index (χ0n) is 22.1. The predicted octanol–water partition coefficient (Wildman–Crippen LogP) is 6.72. The Balaban J connectivity index is 1.36. The number of fused-ring (bicyclic) bond motifs is 1. The van der Waals surface area contributed by atoms with Crippen LogP contribution in [0.2, 0.25) is 0 Å². The molecule has 2 heterocycles. The molecule has 0 fully saturated rings. The second-order valence-corrected chi connectivity index (χ2v) is 10.4. The number of carbonyl (C=O) groups is 1. The van der Waals surface area contributed by atoms with Crippen LogP contribution in [-0.2, 0) is 30.9 Å². The number of hydrogen-bond donors (Lipinski definition) is 0. The highest BCUT2D eigenvalue weighted by molar-refractivity contribution is 7.16. The summed E-state index contributed by atoms with van der Waals surface area (Å²) in [7, 11) is 0. The van der Waals surface area contributed by atoms with E-state index in [0.29, 0.717) is 22.9 Å². The van der Waals surface area contributed by atoms with Crippen molar-refractivity contribution in [3.8, 4) is 5.75 Å². The molecular weight excluding hydrogens is 526 g/mol. The molecule has 1 aliphatic rings. The normalized spacial score (nSPS) is 13.2. The Morgan fingerprint density at radius 2 is 1.80 bits per heavy atom. The molecule has 0 spiro atoms. The van der Waals surface area contributed by atoms with E-state index in [1.807, 2.05) is 30.3 Å². The minimum Gasteiger partial charge on any atom is -0.488 e. The molecule has 0 atom stereocenters. The van der Waals surface area contributed by atoms with Gasteiger partial charge in [-0.1, -0.05) is 42.5 Å². The summed E-state index contributed by atoms with van der Waals surface area (Å²) in [6.45, 7) is 4.82. The van der Waals surface area contributed by atoms with E-state index in [4.69, 9.17) is 14.5 Å². The number of aliphatic imine (C=N–C) groups is 1. The highest BCUT2D eigenvalue weighted by Crippen LogP contribution is 2.40. The SMILES string of the molecule is CCOC(=O)c1c(N=Cc2ccccc2OCc2ccc([N+](=O)[O-])cc2)sc2c1CCN(Cc1ccccc1)C2. The van der Waals surface area contributed by atoms with Crippen LogP contribution in [0, 0.1) is 10.1 Å². The van der Waals surface area contributed by atoms with Crippen molar-refractivity contribution in [2.45, 2.75) is 33.0 Å². The molecule has 0 amide bonds. The van der Waals surface area contributed by atoms with E-state index in [1.54, 1.807) is 25.3 Å². The van der Waals surface area contributed by atoms with Crippen molar-refractivity contribution in [2.24, 2.45) is 4.99 Å². The van der Waals surface area contributed by atoms with Crippen molar-refractivity contribution in [3.63, 3.8) is 0 Å². The van der Waals surface area contributed by atoms with E-state index < -0.39 is 4.92 Å². The maximum absolute atomic E-state index is 13.0. The zero-order chi connectivity index (χ0) is 27.9. The number of rotatable bonds is 10. The summed E-state index contributed by atoms with van der Waals surface area (Å²) in [4.78, 5) is 31.8. The van der Waals surface area contributed by atoms with Crippen molar-refractivity contribution < 1.29 is 19.2 Å². The van der Waals surface area contributed by atoms with E-state index in [-0.39, 0.29) is 18.3 Å². The van der Waals surface area contributed by atoms with Gasteiger partial charge in [-0.15, -0.1) is 11.3 Å². The van der Waals surface area contributed by atoms with Gasteiger partial charge in [0.2, 0.25) is 0 Å².